The molecule has 1 aliphatic carbocycles. The monoisotopic (exact) mass is 227 g/mol. The van der Waals surface area contributed by atoms with Gasteiger partial charge in [-0.15, -0.1) is 0 Å². The largest absolute Gasteiger partial charge is 0.360 e. The van der Waals surface area contributed by atoms with Gasteiger partial charge in [-0.1, -0.05) is 43.9 Å². The van der Waals surface area contributed by atoms with Crippen LogP contribution < -0.4 is 0 Å². The van der Waals surface area contributed by atoms with Crippen molar-refractivity contribution in [3.8, 4) is 0 Å². The summed E-state index contributed by atoms with van der Waals surface area (Å²) in [6.45, 7) is 0. The molecular weight excluding hydrogens is 210 g/mol. The van der Waals surface area contributed by atoms with Crippen molar-refractivity contribution in [2.45, 2.75) is 32.1 Å². The van der Waals surface area contributed by atoms with Gasteiger partial charge < -0.3 is 4.98 Å². The molecule has 0 amide bonds. The minimum absolute atomic E-state index is 0.300. The third-order valence-corrected chi connectivity index (χ3v) is 3.84. The second-order valence-corrected chi connectivity index (χ2v) is 5.03. The van der Waals surface area contributed by atoms with E-state index in [1.54, 1.807) is 0 Å². The highest BCUT2D eigenvalue weighted by atomic mass is 16.1. The molecule has 2 heteroatoms. The number of carbonyl (C=O) groups is 1. The number of fused-ring (bicyclic) bond motifs is 1. The lowest BCUT2D eigenvalue weighted by Crippen LogP contribution is -2.05. The SMILES string of the molecule is O=C(CC1CCCC1)c1c[nH]c2ccccc12. The first-order chi connectivity index (χ1) is 8.34. The number of H-pyrrole nitrogens is 1. The van der Waals surface area contributed by atoms with Gasteiger partial charge in [-0.25, -0.2) is 0 Å². The van der Waals surface area contributed by atoms with Gasteiger partial charge in [-0.2, -0.15) is 0 Å². The maximum atomic E-state index is 12.3. The first-order valence-corrected chi connectivity index (χ1v) is 6.44. The quantitative estimate of drug-likeness (QED) is 0.792. The number of carbonyl (C=O) groups excluding carboxylic acids is 1. The van der Waals surface area contributed by atoms with Crippen molar-refractivity contribution in [3.63, 3.8) is 0 Å². The summed E-state index contributed by atoms with van der Waals surface area (Å²) in [4.78, 5) is 15.4. The maximum Gasteiger partial charge on any atom is 0.165 e. The van der Waals surface area contributed by atoms with Gasteiger partial charge in [-0.05, 0) is 12.0 Å². The maximum absolute atomic E-state index is 12.3. The number of nitrogens with one attached hydrogen (secondary N) is 1. The molecule has 0 bridgehead atoms. The van der Waals surface area contributed by atoms with Crippen molar-refractivity contribution in [2.24, 2.45) is 5.92 Å². The molecule has 0 atom stereocenters. The summed E-state index contributed by atoms with van der Waals surface area (Å²) in [6.07, 6.45) is 7.64. The van der Waals surface area contributed by atoms with Crippen LogP contribution in [0, 0.1) is 5.92 Å². The average molecular weight is 227 g/mol. The van der Waals surface area contributed by atoms with Gasteiger partial charge >= 0.3 is 0 Å². The molecule has 0 unspecified atom stereocenters. The Morgan fingerprint density at radius 1 is 1.24 bits per heavy atom. The molecular formula is C15H17NO. The molecule has 3 rings (SSSR count). The number of para-hydroxylation sites is 1. The molecule has 1 N–H and O–H groups in total. The van der Waals surface area contributed by atoms with E-state index in [4.69, 9.17) is 0 Å². The molecule has 0 radical (unpaired) electrons. The number of Topliss-reactive ketones (excluding diaryl/α,β-unsaturated/α-hetero) is 1. The van der Waals surface area contributed by atoms with E-state index in [9.17, 15) is 4.79 Å². The van der Waals surface area contributed by atoms with Crippen LogP contribution in [0.15, 0.2) is 30.5 Å². The van der Waals surface area contributed by atoms with Crippen molar-refractivity contribution >= 4 is 16.7 Å². The summed E-state index contributed by atoms with van der Waals surface area (Å²) in [5.74, 6) is 0.922. The van der Waals surface area contributed by atoms with Gasteiger partial charge in [0.1, 0.15) is 0 Å². The molecule has 17 heavy (non-hydrogen) atoms. The highest BCUT2D eigenvalue weighted by Gasteiger charge is 2.20. The van der Waals surface area contributed by atoms with E-state index in [1.165, 1.54) is 25.7 Å². The van der Waals surface area contributed by atoms with Crippen LogP contribution in [0.5, 0.6) is 0 Å². The molecule has 1 heterocycles. The van der Waals surface area contributed by atoms with Gasteiger partial charge in [-0.3, -0.25) is 4.79 Å². The molecule has 1 aromatic carbocycles. The van der Waals surface area contributed by atoms with E-state index in [1.807, 2.05) is 30.5 Å². The first-order valence-electron chi connectivity index (χ1n) is 6.44. The minimum atomic E-state index is 0.300. The van der Waals surface area contributed by atoms with E-state index in [0.717, 1.165) is 22.9 Å². The summed E-state index contributed by atoms with van der Waals surface area (Å²) in [5.41, 5.74) is 1.93. The lowest BCUT2D eigenvalue weighted by Gasteiger charge is -2.06. The number of hydrogen-bond acceptors (Lipinski definition) is 1. The predicted molar refractivity (Wildman–Crippen MR) is 69.2 cm³/mol. The number of aromatic nitrogens is 1. The zero-order chi connectivity index (χ0) is 11.7. The fourth-order valence-electron chi connectivity index (χ4n) is 2.89. The molecule has 2 aromatic rings. The Hall–Kier alpha value is -1.57. The van der Waals surface area contributed by atoms with Crippen LogP contribution in [-0.2, 0) is 0 Å². The third-order valence-electron chi connectivity index (χ3n) is 3.84. The Morgan fingerprint density at radius 2 is 2.00 bits per heavy atom. The van der Waals surface area contributed by atoms with Crippen molar-refractivity contribution in [3.05, 3.63) is 36.0 Å². The zero-order valence-corrected chi connectivity index (χ0v) is 9.91. The highest BCUT2D eigenvalue weighted by Crippen LogP contribution is 2.30. The molecule has 0 saturated heterocycles. The van der Waals surface area contributed by atoms with Gasteiger partial charge in [0.05, 0.1) is 0 Å². The van der Waals surface area contributed by atoms with E-state index >= 15 is 0 Å². The summed E-state index contributed by atoms with van der Waals surface area (Å²) in [5, 5.41) is 1.07. The summed E-state index contributed by atoms with van der Waals surface area (Å²) in [6, 6.07) is 8.02. The van der Waals surface area contributed by atoms with Crippen molar-refractivity contribution in [1.29, 1.82) is 0 Å². The number of aromatic amines is 1. The summed E-state index contributed by atoms with van der Waals surface area (Å²) in [7, 11) is 0. The van der Waals surface area contributed by atoms with Crippen LogP contribution in [0.1, 0.15) is 42.5 Å². The summed E-state index contributed by atoms with van der Waals surface area (Å²) >= 11 is 0. The van der Waals surface area contributed by atoms with Crippen LogP contribution in [0.2, 0.25) is 0 Å². The molecule has 88 valence electrons. The van der Waals surface area contributed by atoms with E-state index in [-0.39, 0.29) is 0 Å². The van der Waals surface area contributed by atoms with Gasteiger partial charge in [0.25, 0.3) is 0 Å². The molecule has 1 saturated carbocycles. The van der Waals surface area contributed by atoms with Gasteiger partial charge in [0.15, 0.2) is 5.78 Å². The molecule has 1 aromatic heterocycles. The Labute approximate surface area is 101 Å². The average Bonchev–Trinajstić information content (AvgIpc) is 2.96. The predicted octanol–water partition coefficient (Wildman–Crippen LogP) is 3.93. The Bertz CT molecular complexity index is 535. The number of benzene rings is 1. The first kappa shape index (κ1) is 10.6. The van der Waals surface area contributed by atoms with E-state index in [0.29, 0.717) is 11.7 Å². The van der Waals surface area contributed by atoms with Gasteiger partial charge in [0.2, 0.25) is 0 Å². The number of rotatable bonds is 3. The minimum Gasteiger partial charge on any atom is -0.360 e. The lowest BCUT2D eigenvalue weighted by atomic mass is 9.97. The fourth-order valence-corrected chi connectivity index (χ4v) is 2.89. The van der Waals surface area contributed by atoms with Crippen molar-refractivity contribution in [1.82, 2.24) is 4.98 Å². The highest BCUT2D eigenvalue weighted by molar-refractivity contribution is 6.07. The number of ketones is 1. The van der Waals surface area contributed by atoms with Crippen LogP contribution in [0.25, 0.3) is 10.9 Å². The van der Waals surface area contributed by atoms with E-state index in [2.05, 4.69) is 4.98 Å². The lowest BCUT2D eigenvalue weighted by molar-refractivity contribution is 0.0964. The van der Waals surface area contributed by atoms with Crippen LogP contribution >= 0.6 is 0 Å². The molecule has 2 nitrogen and oxygen atoms in total. The second-order valence-electron chi connectivity index (χ2n) is 5.03. The van der Waals surface area contributed by atoms with Crippen molar-refractivity contribution in [2.75, 3.05) is 0 Å². The molecule has 1 fully saturated rings. The van der Waals surface area contributed by atoms with Crippen LogP contribution in [0.3, 0.4) is 0 Å². The van der Waals surface area contributed by atoms with Gasteiger partial charge in [0, 0.05) is 29.1 Å². The standard InChI is InChI=1S/C15H17NO/c17-15(9-11-5-1-2-6-11)13-10-16-14-8-4-3-7-12(13)14/h3-4,7-8,10-11,16H,1-2,5-6,9H2. The van der Waals surface area contributed by atoms with Crippen LogP contribution in [0.4, 0.5) is 0 Å². The Kier molecular flexibility index (Phi) is 2.71. The smallest absolute Gasteiger partial charge is 0.165 e. The normalized spacial score (nSPS) is 16.7. The summed E-state index contributed by atoms with van der Waals surface area (Å²) < 4.78 is 0. The Morgan fingerprint density at radius 3 is 2.82 bits per heavy atom. The van der Waals surface area contributed by atoms with E-state index < -0.39 is 0 Å². The zero-order valence-electron chi connectivity index (χ0n) is 9.91. The Balaban J connectivity index is 1.85. The molecule has 0 spiro atoms. The topological polar surface area (TPSA) is 32.9 Å². The third kappa shape index (κ3) is 1.99. The number of hydrogen-bond donors (Lipinski definition) is 1. The van der Waals surface area contributed by atoms with Crippen molar-refractivity contribution < 1.29 is 4.79 Å². The molecule has 1 aliphatic rings. The fraction of sp³-hybridized carbons (Fsp3) is 0.400. The molecule has 0 aliphatic heterocycles. The second kappa shape index (κ2) is 4.36. The van der Waals surface area contributed by atoms with Crippen LogP contribution in [-0.4, -0.2) is 10.8 Å².